The minimum atomic E-state index is -1.11. The molecule has 0 aliphatic carbocycles. The number of pyridine rings is 1. The number of carbonyl (C=O) groups excluding carboxylic acids is 1. The van der Waals surface area contributed by atoms with Crippen LogP contribution in [0.3, 0.4) is 0 Å². The standard InChI is InChI=1S/C20H24N2O2.C17H17NO4/c1-3-13-12-22-9-7-14(13)10-19(22)20(23)16-6-8-21-18-5-4-15(24-2)11-17(16)18;1-12(13-8-4-2-5-9-13)15(16(19)20)18-17(21)22-14-10-6-3-7-11-14/h3-6,8,11,13-14,19-20,23H,1,7,9-10,12H2,2H3;2-12,15H,1H3,(H,18,21)(H,19,20)/t13?,14?,19?,20-;/m0./s1. The molecule has 3 aliphatic rings. The van der Waals surface area contributed by atoms with E-state index >= 15 is 0 Å². The Morgan fingerprint density at radius 2 is 1.76 bits per heavy atom. The number of aliphatic hydroxyl groups is 1. The number of para-hydroxylation sites is 1. The Balaban J connectivity index is 0.000000182. The molecule has 1 aromatic heterocycles. The summed E-state index contributed by atoms with van der Waals surface area (Å²) in [5, 5.41) is 23.9. The van der Waals surface area contributed by atoms with E-state index in [-0.39, 0.29) is 12.0 Å². The monoisotopic (exact) mass is 623 g/mol. The predicted octanol–water partition coefficient (Wildman–Crippen LogP) is 6.21. The molecule has 46 heavy (non-hydrogen) atoms. The molecule has 240 valence electrons. The number of aliphatic hydroxyl groups excluding tert-OH is 1. The smallest absolute Gasteiger partial charge is 0.413 e. The third-order valence-electron chi connectivity index (χ3n) is 9.14. The van der Waals surface area contributed by atoms with E-state index in [2.05, 4.69) is 27.9 Å². The van der Waals surface area contributed by atoms with Gasteiger partial charge in [-0.05, 0) is 78.7 Å². The fraction of sp³-hybridized carbons (Fsp3) is 0.324. The first-order valence-corrected chi connectivity index (χ1v) is 15.6. The predicted molar refractivity (Wildman–Crippen MR) is 177 cm³/mol. The van der Waals surface area contributed by atoms with Crippen molar-refractivity contribution in [1.82, 2.24) is 15.2 Å². The highest BCUT2D eigenvalue weighted by atomic mass is 16.6. The van der Waals surface area contributed by atoms with Crippen LogP contribution in [0.15, 0.2) is 104 Å². The molecule has 4 heterocycles. The molecule has 7 atom stereocenters. The number of fused-ring (bicyclic) bond motifs is 4. The number of benzene rings is 3. The Hall–Kier alpha value is -4.73. The maximum atomic E-state index is 11.9. The number of aliphatic carboxylic acids is 1. The van der Waals surface area contributed by atoms with Gasteiger partial charge >= 0.3 is 12.1 Å². The lowest BCUT2D eigenvalue weighted by Gasteiger charge is -2.50. The first-order chi connectivity index (χ1) is 22.3. The zero-order valence-electron chi connectivity index (χ0n) is 26.2. The molecule has 3 fully saturated rings. The molecule has 6 unspecified atom stereocenters. The van der Waals surface area contributed by atoms with E-state index in [1.54, 1.807) is 50.6 Å². The van der Waals surface area contributed by atoms with Crippen LogP contribution in [0.25, 0.3) is 10.9 Å². The second-order valence-electron chi connectivity index (χ2n) is 11.8. The number of amides is 1. The van der Waals surface area contributed by atoms with E-state index in [0.29, 0.717) is 17.6 Å². The van der Waals surface area contributed by atoms with Crippen molar-refractivity contribution in [3.8, 4) is 11.5 Å². The molecule has 7 rings (SSSR count). The largest absolute Gasteiger partial charge is 0.497 e. The molecule has 3 saturated heterocycles. The summed E-state index contributed by atoms with van der Waals surface area (Å²) in [5.41, 5.74) is 2.67. The molecule has 0 saturated carbocycles. The molecular weight excluding hydrogens is 582 g/mol. The van der Waals surface area contributed by atoms with Crippen molar-refractivity contribution in [2.75, 3.05) is 20.2 Å². The summed E-state index contributed by atoms with van der Waals surface area (Å²) in [7, 11) is 1.66. The Morgan fingerprint density at radius 1 is 1.04 bits per heavy atom. The molecule has 3 aromatic carbocycles. The second-order valence-corrected chi connectivity index (χ2v) is 11.8. The average molecular weight is 624 g/mol. The Kier molecular flexibility index (Phi) is 10.7. The maximum Gasteiger partial charge on any atom is 0.413 e. The van der Waals surface area contributed by atoms with Crippen molar-refractivity contribution in [3.63, 3.8) is 0 Å². The van der Waals surface area contributed by atoms with Gasteiger partial charge in [-0.3, -0.25) is 9.88 Å². The van der Waals surface area contributed by atoms with Gasteiger partial charge < -0.3 is 25.0 Å². The molecule has 9 heteroatoms. The highest BCUT2D eigenvalue weighted by molar-refractivity contribution is 5.84. The van der Waals surface area contributed by atoms with Gasteiger partial charge in [-0.2, -0.15) is 0 Å². The Morgan fingerprint density at radius 3 is 2.39 bits per heavy atom. The van der Waals surface area contributed by atoms with Crippen LogP contribution in [-0.2, 0) is 4.79 Å². The molecule has 3 N–H and O–H groups in total. The van der Waals surface area contributed by atoms with Gasteiger partial charge in [0.2, 0.25) is 0 Å². The van der Waals surface area contributed by atoms with Crippen LogP contribution in [-0.4, -0.2) is 64.4 Å². The number of methoxy groups -OCH3 is 1. The van der Waals surface area contributed by atoms with Crippen molar-refractivity contribution < 1.29 is 29.3 Å². The van der Waals surface area contributed by atoms with E-state index in [0.717, 1.165) is 47.3 Å². The summed E-state index contributed by atoms with van der Waals surface area (Å²) in [4.78, 5) is 30.2. The van der Waals surface area contributed by atoms with Crippen LogP contribution in [0, 0.1) is 11.8 Å². The number of aromatic nitrogens is 1. The number of rotatable bonds is 9. The van der Waals surface area contributed by atoms with Crippen molar-refractivity contribution in [3.05, 3.63) is 115 Å². The van der Waals surface area contributed by atoms with Gasteiger partial charge in [0.25, 0.3) is 0 Å². The maximum absolute atomic E-state index is 11.9. The van der Waals surface area contributed by atoms with Gasteiger partial charge in [0.15, 0.2) is 0 Å². The quantitative estimate of drug-likeness (QED) is 0.188. The SMILES string of the molecule is C=CC1CN2CCC1CC2[C@@H](O)c1ccnc2ccc(OC)cc12.CC(c1ccccc1)C(NC(=O)Oc1ccccc1)C(=O)O. The van der Waals surface area contributed by atoms with E-state index in [4.69, 9.17) is 9.47 Å². The molecule has 1 amide bonds. The molecule has 4 aromatic rings. The van der Waals surface area contributed by atoms with E-state index in [1.165, 1.54) is 6.42 Å². The molecular formula is C37H41N3O6. The summed E-state index contributed by atoms with van der Waals surface area (Å²) in [6.45, 7) is 7.82. The lowest BCUT2D eigenvalue weighted by Crippen LogP contribution is -2.54. The number of ether oxygens (including phenoxy) is 2. The highest BCUT2D eigenvalue weighted by Gasteiger charge is 2.42. The van der Waals surface area contributed by atoms with Crippen molar-refractivity contribution in [2.45, 2.75) is 43.9 Å². The van der Waals surface area contributed by atoms with Crippen LogP contribution in [0.5, 0.6) is 11.5 Å². The van der Waals surface area contributed by atoms with Crippen LogP contribution in [0.1, 0.15) is 42.9 Å². The zero-order valence-corrected chi connectivity index (χ0v) is 26.2. The van der Waals surface area contributed by atoms with Crippen molar-refractivity contribution in [2.24, 2.45) is 11.8 Å². The topological polar surface area (TPSA) is 121 Å². The fourth-order valence-electron chi connectivity index (χ4n) is 6.55. The summed E-state index contributed by atoms with van der Waals surface area (Å²) in [6, 6.07) is 24.5. The summed E-state index contributed by atoms with van der Waals surface area (Å²) < 4.78 is 10.4. The van der Waals surface area contributed by atoms with Crippen molar-refractivity contribution in [1.29, 1.82) is 0 Å². The number of nitrogens with one attached hydrogen (secondary N) is 1. The highest BCUT2D eigenvalue weighted by Crippen LogP contribution is 2.42. The number of carboxylic acids is 1. The van der Waals surface area contributed by atoms with Gasteiger partial charge in [0.1, 0.15) is 17.5 Å². The lowest BCUT2D eigenvalue weighted by atomic mass is 9.73. The minimum Gasteiger partial charge on any atom is -0.497 e. The average Bonchev–Trinajstić information content (AvgIpc) is 3.10. The fourth-order valence-corrected chi connectivity index (χ4v) is 6.55. The Labute approximate surface area is 269 Å². The van der Waals surface area contributed by atoms with Crippen molar-refractivity contribution >= 4 is 23.0 Å². The Bertz CT molecular complexity index is 1630. The number of nitrogens with zero attached hydrogens (tertiary/aromatic N) is 2. The number of carboxylic acid groups (broad SMARTS) is 1. The first kappa shape index (κ1) is 32.7. The molecule has 0 spiro atoms. The second kappa shape index (κ2) is 15.0. The minimum absolute atomic E-state index is 0.178. The van der Waals surface area contributed by atoms with Crippen LogP contribution in [0.4, 0.5) is 4.79 Å². The van der Waals surface area contributed by atoms with E-state index < -0.39 is 24.2 Å². The number of carbonyl (C=O) groups is 2. The number of piperidine rings is 3. The van der Waals surface area contributed by atoms with E-state index in [9.17, 15) is 19.8 Å². The molecule has 2 bridgehead atoms. The normalized spacial score (nSPS) is 22.0. The summed E-state index contributed by atoms with van der Waals surface area (Å²) in [5.74, 6) is 0.868. The third kappa shape index (κ3) is 7.55. The van der Waals surface area contributed by atoms with Gasteiger partial charge in [0, 0.05) is 30.1 Å². The number of hydrogen-bond donors (Lipinski definition) is 3. The van der Waals surface area contributed by atoms with Gasteiger partial charge in [-0.1, -0.05) is 61.5 Å². The van der Waals surface area contributed by atoms with E-state index in [1.807, 2.05) is 54.6 Å². The van der Waals surface area contributed by atoms with Crippen LogP contribution < -0.4 is 14.8 Å². The van der Waals surface area contributed by atoms with Crippen LogP contribution >= 0.6 is 0 Å². The third-order valence-corrected chi connectivity index (χ3v) is 9.14. The summed E-state index contributed by atoms with van der Waals surface area (Å²) >= 11 is 0. The molecule has 3 aliphatic heterocycles. The first-order valence-electron chi connectivity index (χ1n) is 15.6. The zero-order chi connectivity index (χ0) is 32.6. The lowest BCUT2D eigenvalue weighted by molar-refractivity contribution is -0.139. The van der Waals surface area contributed by atoms with Gasteiger partial charge in [-0.25, -0.2) is 9.59 Å². The van der Waals surface area contributed by atoms with Gasteiger partial charge in [-0.15, -0.1) is 6.58 Å². The number of hydrogen-bond acceptors (Lipinski definition) is 7. The summed E-state index contributed by atoms with van der Waals surface area (Å²) in [6.07, 6.45) is 4.83. The molecule has 9 nitrogen and oxygen atoms in total. The molecule has 0 radical (unpaired) electrons. The van der Waals surface area contributed by atoms with Gasteiger partial charge in [0.05, 0.1) is 18.7 Å². The van der Waals surface area contributed by atoms with Crippen LogP contribution in [0.2, 0.25) is 0 Å².